The molecule has 0 aliphatic heterocycles. The van der Waals surface area contributed by atoms with Gasteiger partial charge in [0.2, 0.25) is 0 Å². The molecule has 0 spiro atoms. The monoisotopic (exact) mass is 280 g/mol. The Morgan fingerprint density at radius 3 is 2.21 bits per heavy atom. The minimum atomic E-state index is -1.37. The van der Waals surface area contributed by atoms with E-state index in [0.29, 0.717) is 11.1 Å². The molecule has 2 aromatic rings. The SMILES string of the molecule is CC(c1ccccc1F)S(=O)Cc1ccccc1F. The van der Waals surface area contributed by atoms with Crippen LogP contribution in [0.3, 0.4) is 0 Å². The quantitative estimate of drug-likeness (QED) is 0.828. The summed E-state index contributed by atoms with van der Waals surface area (Å²) in [4.78, 5) is 0. The summed E-state index contributed by atoms with van der Waals surface area (Å²) >= 11 is 0. The van der Waals surface area contributed by atoms with E-state index in [1.807, 2.05) is 0 Å². The van der Waals surface area contributed by atoms with Crippen molar-refractivity contribution in [2.24, 2.45) is 0 Å². The molecule has 2 rings (SSSR count). The summed E-state index contributed by atoms with van der Waals surface area (Å²) in [6.07, 6.45) is 0. The van der Waals surface area contributed by atoms with Crippen molar-refractivity contribution in [3.63, 3.8) is 0 Å². The summed E-state index contributed by atoms with van der Waals surface area (Å²) in [5.74, 6) is -0.671. The molecule has 0 radical (unpaired) electrons. The largest absolute Gasteiger partial charge is 0.259 e. The van der Waals surface area contributed by atoms with Gasteiger partial charge in [0.15, 0.2) is 0 Å². The van der Waals surface area contributed by atoms with E-state index in [1.54, 1.807) is 43.3 Å². The van der Waals surface area contributed by atoms with E-state index >= 15 is 0 Å². The fraction of sp³-hybridized carbons (Fsp3) is 0.200. The van der Waals surface area contributed by atoms with Crippen LogP contribution in [0.1, 0.15) is 23.3 Å². The molecule has 0 bridgehead atoms. The van der Waals surface area contributed by atoms with Gasteiger partial charge in [0.1, 0.15) is 11.6 Å². The Labute approximate surface area is 113 Å². The van der Waals surface area contributed by atoms with Crippen molar-refractivity contribution in [1.82, 2.24) is 0 Å². The Morgan fingerprint density at radius 1 is 1.00 bits per heavy atom. The van der Waals surface area contributed by atoms with Crippen LogP contribution < -0.4 is 0 Å². The van der Waals surface area contributed by atoms with Crippen LogP contribution in [0.25, 0.3) is 0 Å². The van der Waals surface area contributed by atoms with Crippen molar-refractivity contribution in [2.45, 2.75) is 17.9 Å². The van der Waals surface area contributed by atoms with E-state index in [4.69, 9.17) is 0 Å². The number of rotatable bonds is 4. The molecule has 100 valence electrons. The molecule has 0 N–H and O–H groups in total. The number of benzene rings is 2. The minimum Gasteiger partial charge on any atom is -0.259 e. The second kappa shape index (κ2) is 6.06. The van der Waals surface area contributed by atoms with Crippen LogP contribution in [0, 0.1) is 11.6 Å². The second-order valence-electron chi connectivity index (χ2n) is 4.28. The topological polar surface area (TPSA) is 17.1 Å². The van der Waals surface area contributed by atoms with Gasteiger partial charge in [0.25, 0.3) is 0 Å². The van der Waals surface area contributed by atoms with E-state index in [9.17, 15) is 13.0 Å². The molecule has 0 saturated heterocycles. The Kier molecular flexibility index (Phi) is 4.43. The molecule has 1 nitrogen and oxygen atoms in total. The third-order valence-electron chi connectivity index (χ3n) is 2.99. The standard InChI is InChI=1S/C15H14F2OS/c1-11(13-7-3-5-9-15(13)17)19(18)10-12-6-2-4-8-14(12)16/h2-9,11H,10H2,1H3. The van der Waals surface area contributed by atoms with E-state index in [2.05, 4.69) is 0 Å². The molecule has 0 heterocycles. The highest BCUT2D eigenvalue weighted by atomic mass is 32.2. The Morgan fingerprint density at radius 2 is 1.58 bits per heavy atom. The molecular weight excluding hydrogens is 266 g/mol. The van der Waals surface area contributed by atoms with Gasteiger partial charge < -0.3 is 0 Å². The van der Waals surface area contributed by atoms with Gasteiger partial charge in [-0.2, -0.15) is 0 Å². The summed E-state index contributed by atoms with van der Waals surface area (Å²) in [5.41, 5.74) is 0.793. The van der Waals surface area contributed by atoms with Gasteiger partial charge in [0, 0.05) is 21.9 Å². The third kappa shape index (κ3) is 3.26. The first-order chi connectivity index (χ1) is 9.09. The van der Waals surface area contributed by atoms with E-state index in [1.165, 1.54) is 12.1 Å². The zero-order valence-corrected chi connectivity index (χ0v) is 11.3. The van der Waals surface area contributed by atoms with Crippen molar-refractivity contribution < 1.29 is 13.0 Å². The molecule has 19 heavy (non-hydrogen) atoms. The zero-order chi connectivity index (χ0) is 13.8. The lowest BCUT2D eigenvalue weighted by atomic mass is 10.1. The average molecular weight is 280 g/mol. The minimum absolute atomic E-state index is 0.0855. The fourth-order valence-corrected chi connectivity index (χ4v) is 3.11. The van der Waals surface area contributed by atoms with Crippen LogP contribution in [0.4, 0.5) is 8.78 Å². The maximum Gasteiger partial charge on any atom is 0.127 e. The molecule has 0 fully saturated rings. The molecule has 2 unspecified atom stereocenters. The van der Waals surface area contributed by atoms with Crippen LogP contribution in [-0.2, 0) is 16.6 Å². The van der Waals surface area contributed by atoms with Crippen molar-refractivity contribution >= 4 is 10.8 Å². The van der Waals surface area contributed by atoms with Gasteiger partial charge in [-0.25, -0.2) is 8.78 Å². The summed E-state index contributed by atoms with van der Waals surface area (Å²) in [5, 5.41) is -0.471. The van der Waals surface area contributed by atoms with Crippen molar-refractivity contribution in [2.75, 3.05) is 0 Å². The van der Waals surface area contributed by atoms with Crippen LogP contribution >= 0.6 is 0 Å². The number of halogens is 2. The highest BCUT2D eigenvalue weighted by Gasteiger charge is 2.18. The van der Waals surface area contributed by atoms with E-state index < -0.39 is 16.0 Å². The average Bonchev–Trinajstić information content (AvgIpc) is 2.41. The molecule has 2 aromatic carbocycles. The van der Waals surface area contributed by atoms with Gasteiger partial charge >= 0.3 is 0 Å². The molecule has 4 heteroatoms. The highest BCUT2D eigenvalue weighted by Crippen LogP contribution is 2.24. The summed E-state index contributed by atoms with van der Waals surface area (Å²) in [6.45, 7) is 1.69. The van der Waals surface area contributed by atoms with Gasteiger partial charge in [-0.3, -0.25) is 4.21 Å². The number of hydrogen-bond acceptors (Lipinski definition) is 1. The zero-order valence-electron chi connectivity index (χ0n) is 10.5. The van der Waals surface area contributed by atoms with Crippen molar-refractivity contribution in [3.8, 4) is 0 Å². The second-order valence-corrected chi connectivity index (χ2v) is 6.04. The molecule has 0 amide bonds. The molecule has 0 saturated carbocycles. The van der Waals surface area contributed by atoms with Gasteiger partial charge in [-0.15, -0.1) is 0 Å². The summed E-state index contributed by atoms with van der Waals surface area (Å²) in [6, 6.07) is 12.5. The lowest BCUT2D eigenvalue weighted by Gasteiger charge is -2.13. The normalized spacial score (nSPS) is 14.1. The van der Waals surface area contributed by atoms with Crippen LogP contribution in [0.5, 0.6) is 0 Å². The maximum atomic E-state index is 13.6. The lowest BCUT2D eigenvalue weighted by molar-refractivity contribution is 0.604. The van der Waals surface area contributed by atoms with Gasteiger partial charge in [0.05, 0.1) is 11.0 Å². The van der Waals surface area contributed by atoms with E-state index in [-0.39, 0.29) is 17.4 Å². The highest BCUT2D eigenvalue weighted by molar-refractivity contribution is 7.84. The third-order valence-corrected chi connectivity index (χ3v) is 4.63. The smallest absolute Gasteiger partial charge is 0.127 e. The van der Waals surface area contributed by atoms with E-state index in [0.717, 1.165) is 0 Å². The molecular formula is C15H14F2OS. The predicted molar refractivity (Wildman–Crippen MR) is 73.1 cm³/mol. The van der Waals surface area contributed by atoms with Gasteiger partial charge in [-0.05, 0) is 19.1 Å². The van der Waals surface area contributed by atoms with Crippen molar-refractivity contribution in [1.29, 1.82) is 0 Å². The molecule has 0 aliphatic carbocycles. The van der Waals surface area contributed by atoms with Crippen LogP contribution in [-0.4, -0.2) is 4.21 Å². The number of hydrogen-bond donors (Lipinski definition) is 0. The first-order valence-electron chi connectivity index (χ1n) is 5.94. The maximum absolute atomic E-state index is 13.6. The Bertz CT molecular complexity index is 598. The fourth-order valence-electron chi connectivity index (χ4n) is 1.84. The summed E-state index contributed by atoms with van der Waals surface area (Å²) in [7, 11) is -1.37. The molecule has 0 aliphatic rings. The first-order valence-corrected chi connectivity index (χ1v) is 7.33. The predicted octanol–water partition coefficient (Wildman–Crippen LogP) is 3.97. The molecule has 2 atom stereocenters. The lowest BCUT2D eigenvalue weighted by Crippen LogP contribution is -2.08. The van der Waals surface area contributed by atoms with Crippen LogP contribution in [0.15, 0.2) is 48.5 Å². The van der Waals surface area contributed by atoms with Gasteiger partial charge in [-0.1, -0.05) is 36.4 Å². The summed E-state index contributed by atoms with van der Waals surface area (Å²) < 4.78 is 39.3. The molecule has 0 aromatic heterocycles. The Hall–Kier alpha value is -1.55. The first kappa shape index (κ1) is 13.9. The Balaban J connectivity index is 2.17. The van der Waals surface area contributed by atoms with Crippen LogP contribution in [0.2, 0.25) is 0 Å². The van der Waals surface area contributed by atoms with Crippen molar-refractivity contribution in [3.05, 3.63) is 71.3 Å².